The minimum atomic E-state index is -2.67. The van der Waals surface area contributed by atoms with Crippen LogP contribution in [0.1, 0.15) is 92.4 Å². The van der Waals surface area contributed by atoms with Crippen LogP contribution in [0.3, 0.4) is 0 Å². The average molecular weight is 1910 g/mol. The van der Waals surface area contributed by atoms with Crippen LogP contribution < -0.4 is 19.5 Å². The van der Waals surface area contributed by atoms with Gasteiger partial charge in [0.25, 0.3) is 0 Å². The quantitative estimate of drug-likeness (QED) is 0.0619. The van der Waals surface area contributed by atoms with Crippen molar-refractivity contribution < 1.29 is 72.4 Å². The Kier molecular flexibility index (Phi) is 27.7. The van der Waals surface area contributed by atoms with E-state index < -0.39 is 37.7 Å². The van der Waals surface area contributed by atoms with Gasteiger partial charge in [0, 0.05) is 128 Å². The summed E-state index contributed by atoms with van der Waals surface area (Å²) >= 11 is 3.18. The molecule has 3 fully saturated rings. The summed E-state index contributed by atoms with van der Waals surface area (Å²) in [6, 6.07) is 56.9. The van der Waals surface area contributed by atoms with E-state index in [0.29, 0.717) is 113 Å². The molecule has 18 aromatic rings. The molecule has 14 aromatic heterocycles. The number of pyridine rings is 5. The van der Waals surface area contributed by atoms with Gasteiger partial charge >= 0.3 is 32.3 Å². The molecule has 38 heteroatoms. The fraction of sp³-hybridized carbons (Fsp3) is 0.247. The molecule has 27 nitrogen and oxygen atoms in total. The van der Waals surface area contributed by atoms with Crippen LogP contribution in [0.4, 0.5) is 48.7 Å². The van der Waals surface area contributed by atoms with Crippen LogP contribution in [0.5, 0.6) is 17.6 Å². The van der Waals surface area contributed by atoms with Gasteiger partial charge in [-0.3, -0.25) is 26.8 Å². The summed E-state index contributed by atoms with van der Waals surface area (Å²) in [4.78, 5) is 49.3. The molecular weight excluding hydrogens is 1830 g/mol. The van der Waals surface area contributed by atoms with Crippen molar-refractivity contribution in [3.63, 3.8) is 0 Å². The lowest BCUT2D eigenvalue weighted by Gasteiger charge is -2.33. The monoisotopic (exact) mass is 1910 g/mol. The fourth-order valence-electron chi connectivity index (χ4n) is 16.0. The molecule has 135 heavy (non-hydrogen) atoms. The Morgan fingerprint density at radius 1 is 0.348 bits per heavy atom. The number of halogens is 11. The maximum atomic E-state index is 14.0. The number of rotatable bonds is 18. The Bertz CT molecular complexity index is 7110. The molecule has 3 aliphatic heterocycles. The molecule has 2 amide bonds. The van der Waals surface area contributed by atoms with Crippen molar-refractivity contribution >= 4 is 56.2 Å². The summed E-state index contributed by atoms with van der Waals surface area (Å²) < 4.78 is 166. The standard InChI is InChI=1S/C27H29F2N5O3.C24H23F2N5O2.C22H21F2N5O.C17H11F3N4.C7H4BrFN2/c1-27(2,3)37-26(35)32-13-11-21(12-14-32)36-24-6-4-5-23-30-16-22(34(23)24)19-9-7-18(8-10-19)20-15-31-33(17-20)25(28)29;1-16(32)29-11-9-20(10-12-29)33-23-4-2-3-22-27-14-21(31(22)23)18-7-5-17(6-8-18)19-13-28-30(15-19)24(25)26;23-22(24)28-14-17(12-27-28)15-4-6-16(7-5-15)19-13-26-20-2-1-3-21(29(19)20)30-18-8-10-25-11-9-18;18-15-2-1-3-16-21-9-14(24(15)16)12-6-4-11(5-7-12)13-8-22-23(10-13)17(19)20;8-5-4-10-7-3-1-2-6(9)11(5)7/h4-10,15-17,21,25H,11-14H2,1-3H3;2-8,13-15,20,24H,9-12H2,1H3;1-7,12-14,18,22,25H,8-11H2;1-10,17H;1-4H. The molecule has 0 spiro atoms. The molecule has 694 valence electrons. The van der Waals surface area contributed by atoms with Crippen molar-refractivity contribution in [3.05, 3.63) is 285 Å². The third-order valence-electron chi connectivity index (χ3n) is 22.8. The number of piperidine rings is 3. The molecule has 0 saturated carbocycles. The van der Waals surface area contributed by atoms with Gasteiger partial charge in [-0.1, -0.05) is 127 Å². The zero-order chi connectivity index (χ0) is 94.1. The third kappa shape index (κ3) is 21.2. The van der Waals surface area contributed by atoms with Crippen molar-refractivity contribution in [1.29, 1.82) is 0 Å². The number of alkyl halides is 8. The first-order valence-corrected chi connectivity index (χ1v) is 44.0. The molecule has 0 radical (unpaired) electrons. The number of aromatic nitrogens is 18. The lowest BCUT2D eigenvalue weighted by molar-refractivity contribution is -0.130. The number of hydrogen-bond acceptors (Lipinski definition) is 16. The lowest BCUT2D eigenvalue weighted by atomic mass is 10.1. The van der Waals surface area contributed by atoms with Gasteiger partial charge in [0.1, 0.15) is 56.8 Å². The maximum Gasteiger partial charge on any atom is 0.410 e. The van der Waals surface area contributed by atoms with Gasteiger partial charge in [-0.15, -0.1) is 0 Å². The highest BCUT2D eigenvalue weighted by Crippen LogP contribution is 2.37. The highest BCUT2D eigenvalue weighted by Gasteiger charge is 2.30. The number of nitrogens with zero attached hydrogens (tertiary/aromatic N) is 20. The molecular formula is C97H88BrF10N21O6. The number of hydrogen-bond donors (Lipinski definition) is 1. The summed E-state index contributed by atoms with van der Waals surface area (Å²) in [5, 5.41) is 18.1. The van der Waals surface area contributed by atoms with Gasteiger partial charge in [0.15, 0.2) is 29.5 Å². The van der Waals surface area contributed by atoms with Gasteiger partial charge in [0.05, 0.1) is 78.5 Å². The second-order valence-electron chi connectivity index (χ2n) is 32.8. The molecule has 0 unspecified atom stereocenters. The van der Waals surface area contributed by atoms with Crippen LogP contribution in [0.15, 0.2) is 273 Å². The number of nitrogens with one attached hydrogen (secondary N) is 1. The van der Waals surface area contributed by atoms with Gasteiger partial charge < -0.3 is 34.1 Å². The SMILES string of the molecule is CC(=O)N1CCC(Oc2cccc3ncc(-c4ccc(-c5cnn(C(F)F)c5)cc4)n23)CC1.CC(C)(C)OC(=O)N1CCC(Oc2cccc3ncc(-c4ccc(-c5cnn(C(F)F)c5)cc4)n23)CC1.FC(F)n1cc(-c2ccc(-c3cnc4cccc(OC5CCNCC5)n34)cc2)cn1.Fc1cccc2ncc(-c3ccc(-c4cnn(C(F)F)c4)cc3)n12.Fc1cccc2ncc(Br)n12. The first kappa shape index (κ1) is 91.9. The molecule has 0 atom stereocenters. The van der Waals surface area contributed by atoms with E-state index in [-0.39, 0.29) is 36.3 Å². The first-order chi connectivity index (χ1) is 65.3. The minimum Gasteiger partial charge on any atom is -0.475 e. The number of likely N-dealkylation sites (tertiary alicyclic amines) is 2. The molecule has 3 aliphatic rings. The Balaban J connectivity index is 0.000000121. The second kappa shape index (κ2) is 40.6. The molecule has 21 rings (SSSR count). The van der Waals surface area contributed by atoms with Crippen LogP contribution in [0.25, 0.3) is 118 Å². The van der Waals surface area contributed by atoms with Gasteiger partial charge in [-0.2, -0.15) is 64.3 Å². The zero-order valence-electron chi connectivity index (χ0n) is 73.0. The Morgan fingerprint density at radius 2 is 0.622 bits per heavy atom. The first-order valence-electron chi connectivity index (χ1n) is 43.2. The highest BCUT2D eigenvalue weighted by atomic mass is 79.9. The number of imidazole rings is 5. The van der Waals surface area contributed by atoms with Crippen molar-refractivity contribution in [2.75, 3.05) is 39.3 Å². The molecule has 17 heterocycles. The van der Waals surface area contributed by atoms with E-state index in [0.717, 1.165) is 123 Å². The van der Waals surface area contributed by atoms with Crippen LogP contribution in [0.2, 0.25) is 0 Å². The third-order valence-corrected chi connectivity index (χ3v) is 23.4. The van der Waals surface area contributed by atoms with Crippen molar-refractivity contribution in [2.45, 2.75) is 116 Å². The van der Waals surface area contributed by atoms with Gasteiger partial charge in [0.2, 0.25) is 5.91 Å². The largest absolute Gasteiger partial charge is 0.475 e. The number of fused-ring (bicyclic) bond motifs is 5. The van der Waals surface area contributed by atoms with Crippen molar-refractivity contribution in [2.24, 2.45) is 0 Å². The molecule has 4 aromatic carbocycles. The maximum absolute atomic E-state index is 14.0. The van der Waals surface area contributed by atoms with Gasteiger partial charge in [-0.05, 0) is 146 Å². The topological polar surface area (TPSA) is 247 Å². The number of carbonyl (C=O) groups is 2. The van der Waals surface area contributed by atoms with Crippen LogP contribution in [-0.4, -0.2) is 171 Å². The highest BCUT2D eigenvalue weighted by molar-refractivity contribution is 9.10. The van der Waals surface area contributed by atoms with E-state index in [4.69, 9.17) is 18.9 Å². The second-order valence-corrected chi connectivity index (χ2v) is 33.7. The van der Waals surface area contributed by atoms with E-state index in [1.165, 1.54) is 70.5 Å². The summed E-state index contributed by atoms with van der Waals surface area (Å²) in [6.07, 6.45) is 24.3. The average Bonchev–Trinajstić information content (AvgIpc) is 1.65. The molecule has 0 bridgehead atoms. The summed E-state index contributed by atoms with van der Waals surface area (Å²) in [6.45, 7) is 0.958. The van der Waals surface area contributed by atoms with Crippen LogP contribution >= 0.6 is 15.9 Å². The summed E-state index contributed by atoms with van der Waals surface area (Å²) in [7, 11) is 0. The Hall–Kier alpha value is -15.0. The van der Waals surface area contributed by atoms with E-state index in [1.807, 2.05) is 172 Å². The minimum absolute atomic E-state index is 0.0233. The zero-order valence-corrected chi connectivity index (χ0v) is 74.6. The Labute approximate surface area is 773 Å². The normalized spacial score (nSPS) is 14.0. The summed E-state index contributed by atoms with van der Waals surface area (Å²) in [5.41, 5.74) is 15.4. The van der Waals surface area contributed by atoms with Crippen LogP contribution in [0, 0.1) is 11.9 Å². The van der Waals surface area contributed by atoms with Crippen molar-refractivity contribution in [3.8, 4) is 107 Å². The molecule has 1 N–H and O–H groups in total. The van der Waals surface area contributed by atoms with Crippen LogP contribution in [-0.2, 0) is 9.53 Å². The van der Waals surface area contributed by atoms with Crippen molar-refractivity contribution in [1.82, 2.24) is 101 Å². The number of amides is 2. The van der Waals surface area contributed by atoms with E-state index in [9.17, 15) is 53.5 Å². The number of ether oxygens (including phenoxy) is 4. The lowest BCUT2D eigenvalue weighted by Crippen LogP contribution is -2.44. The number of carbonyl (C=O) groups excluding carboxylic acids is 2. The van der Waals surface area contributed by atoms with Gasteiger partial charge in [-0.25, -0.2) is 48.4 Å². The Morgan fingerprint density at radius 3 is 0.926 bits per heavy atom. The fourth-order valence-corrected chi connectivity index (χ4v) is 16.4. The summed E-state index contributed by atoms with van der Waals surface area (Å²) in [5.74, 6) is 1.52. The predicted molar refractivity (Wildman–Crippen MR) is 489 cm³/mol. The smallest absolute Gasteiger partial charge is 0.410 e. The van der Waals surface area contributed by atoms with E-state index >= 15 is 0 Å². The number of benzene rings is 4. The molecule has 0 aliphatic carbocycles. The van der Waals surface area contributed by atoms with E-state index in [1.54, 1.807) is 85.1 Å². The predicted octanol–water partition coefficient (Wildman–Crippen LogP) is 21.7. The van der Waals surface area contributed by atoms with E-state index in [2.05, 4.69) is 66.6 Å². The molecule has 3 saturated heterocycles.